The fraction of sp³-hybridized carbons (Fsp3) is 0.333. The van der Waals surface area contributed by atoms with E-state index in [0.717, 1.165) is 25.4 Å². The second-order valence-corrected chi connectivity index (χ2v) is 4.57. The summed E-state index contributed by atoms with van der Waals surface area (Å²) in [6.45, 7) is 4.51. The Hall–Kier alpha value is -1.34. The molecule has 1 heteroatoms. The molecule has 1 aliphatic rings. The predicted octanol–water partition coefficient (Wildman–Crippen LogP) is 3.09. The normalized spacial score (nSPS) is 16.3. The van der Waals surface area contributed by atoms with Crippen molar-refractivity contribution in [2.24, 2.45) is 0 Å². The van der Waals surface area contributed by atoms with E-state index in [9.17, 15) is 0 Å². The Morgan fingerprint density at radius 1 is 1.12 bits per heavy atom. The highest BCUT2D eigenvalue weighted by atomic mass is 14.9. The molecule has 0 aliphatic carbocycles. The van der Waals surface area contributed by atoms with Crippen LogP contribution >= 0.6 is 0 Å². The fourth-order valence-electron chi connectivity index (χ4n) is 2.59. The predicted molar refractivity (Wildman–Crippen MR) is 68.9 cm³/mol. The van der Waals surface area contributed by atoms with Gasteiger partial charge in [-0.1, -0.05) is 43.3 Å². The van der Waals surface area contributed by atoms with Gasteiger partial charge in [0.05, 0.1) is 0 Å². The summed E-state index contributed by atoms with van der Waals surface area (Å²) in [4.78, 5) is 0. The van der Waals surface area contributed by atoms with Crippen LogP contribution in [-0.2, 0) is 6.42 Å². The highest BCUT2D eigenvalue weighted by Gasteiger charge is 2.21. The highest BCUT2D eigenvalue weighted by Crippen LogP contribution is 2.30. The Labute approximate surface area is 96.5 Å². The van der Waals surface area contributed by atoms with Crippen molar-refractivity contribution < 1.29 is 0 Å². The first-order chi connectivity index (χ1) is 7.90. The molecule has 0 saturated carbocycles. The Bertz CT molecular complexity index is 507. The number of hydrogen-bond donors (Lipinski definition) is 1. The maximum absolute atomic E-state index is 3.36. The van der Waals surface area contributed by atoms with E-state index >= 15 is 0 Å². The molecule has 1 fully saturated rings. The summed E-state index contributed by atoms with van der Waals surface area (Å²) in [7, 11) is 0. The van der Waals surface area contributed by atoms with Crippen LogP contribution in [0, 0.1) is 0 Å². The second-order valence-electron chi connectivity index (χ2n) is 4.57. The second kappa shape index (κ2) is 3.91. The van der Waals surface area contributed by atoms with E-state index in [4.69, 9.17) is 0 Å². The summed E-state index contributed by atoms with van der Waals surface area (Å²) < 4.78 is 0. The molecule has 1 heterocycles. The molecule has 0 unspecified atom stereocenters. The van der Waals surface area contributed by atoms with Crippen molar-refractivity contribution >= 4 is 10.8 Å². The zero-order valence-electron chi connectivity index (χ0n) is 9.66. The number of hydrogen-bond acceptors (Lipinski definition) is 1. The third-order valence-corrected chi connectivity index (χ3v) is 3.63. The summed E-state index contributed by atoms with van der Waals surface area (Å²) >= 11 is 0. The number of aryl methyl sites for hydroxylation is 1. The zero-order chi connectivity index (χ0) is 11.0. The first kappa shape index (κ1) is 9.86. The molecule has 0 atom stereocenters. The van der Waals surface area contributed by atoms with Gasteiger partial charge in [-0.25, -0.2) is 0 Å². The largest absolute Gasteiger partial charge is 0.315 e. The molecular weight excluding hydrogens is 194 g/mol. The summed E-state index contributed by atoms with van der Waals surface area (Å²) in [5, 5.41) is 6.25. The average Bonchev–Trinajstić information content (AvgIpc) is 2.26. The minimum absolute atomic E-state index is 0.719. The zero-order valence-corrected chi connectivity index (χ0v) is 9.66. The van der Waals surface area contributed by atoms with Gasteiger partial charge in [-0.3, -0.25) is 0 Å². The molecule has 1 saturated heterocycles. The fourth-order valence-corrected chi connectivity index (χ4v) is 2.59. The summed E-state index contributed by atoms with van der Waals surface area (Å²) in [5.74, 6) is 0.719. The molecule has 1 N–H and O–H groups in total. The van der Waals surface area contributed by atoms with Gasteiger partial charge in [0.1, 0.15) is 0 Å². The minimum Gasteiger partial charge on any atom is -0.315 e. The van der Waals surface area contributed by atoms with E-state index in [-0.39, 0.29) is 0 Å². The van der Waals surface area contributed by atoms with Crippen LogP contribution in [-0.4, -0.2) is 13.1 Å². The number of rotatable bonds is 2. The van der Waals surface area contributed by atoms with Gasteiger partial charge in [0, 0.05) is 19.0 Å². The van der Waals surface area contributed by atoms with Crippen LogP contribution < -0.4 is 5.32 Å². The topological polar surface area (TPSA) is 12.0 Å². The number of fused-ring (bicyclic) bond motifs is 1. The molecule has 2 aromatic rings. The molecule has 16 heavy (non-hydrogen) atoms. The number of nitrogens with one attached hydrogen (secondary N) is 1. The van der Waals surface area contributed by atoms with Gasteiger partial charge in [0.25, 0.3) is 0 Å². The van der Waals surface area contributed by atoms with E-state index < -0.39 is 0 Å². The maximum atomic E-state index is 3.36. The third-order valence-electron chi connectivity index (χ3n) is 3.63. The van der Waals surface area contributed by atoms with Crippen LogP contribution in [0.2, 0.25) is 0 Å². The Kier molecular flexibility index (Phi) is 2.41. The van der Waals surface area contributed by atoms with Crippen LogP contribution in [0.15, 0.2) is 36.4 Å². The molecule has 3 rings (SSSR count). The van der Waals surface area contributed by atoms with Crippen LogP contribution in [0.1, 0.15) is 24.0 Å². The van der Waals surface area contributed by atoms with Gasteiger partial charge >= 0.3 is 0 Å². The van der Waals surface area contributed by atoms with Crippen molar-refractivity contribution in [3.05, 3.63) is 47.5 Å². The van der Waals surface area contributed by atoms with Crippen molar-refractivity contribution in [2.45, 2.75) is 19.3 Å². The standard InChI is InChI=1S/C15H17N/c1-2-11-5-3-6-12-7-4-8-14(15(11)12)13-9-16-10-13/h3-8,13,16H,2,9-10H2,1H3. The third kappa shape index (κ3) is 1.43. The number of benzene rings is 2. The quantitative estimate of drug-likeness (QED) is 0.805. The highest BCUT2D eigenvalue weighted by molar-refractivity contribution is 5.89. The van der Waals surface area contributed by atoms with E-state index in [2.05, 4.69) is 48.6 Å². The Balaban J connectivity index is 2.26. The van der Waals surface area contributed by atoms with Gasteiger partial charge in [0.15, 0.2) is 0 Å². The van der Waals surface area contributed by atoms with Crippen molar-refractivity contribution in [1.82, 2.24) is 5.32 Å². The molecule has 1 nitrogen and oxygen atoms in total. The Morgan fingerprint density at radius 2 is 1.88 bits per heavy atom. The van der Waals surface area contributed by atoms with E-state index in [1.54, 1.807) is 0 Å². The van der Waals surface area contributed by atoms with Crippen molar-refractivity contribution in [3.63, 3.8) is 0 Å². The Morgan fingerprint density at radius 3 is 2.50 bits per heavy atom. The lowest BCUT2D eigenvalue weighted by Crippen LogP contribution is -2.40. The monoisotopic (exact) mass is 211 g/mol. The molecule has 0 bridgehead atoms. The molecule has 0 amide bonds. The first-order valence-corrected chi connectivity index (χ1v) is 6.11. The minimum atomic E-state index is 0.719. The lowest BCUT2D eigenvalue weighted by Gasteiger charge is -2.29. The van der Waals surface area contributed by atoms with Gasteiger partial charge in [-0.15, -0.1) is 0 Å². The van der Waals surface area contributed by atoms with Gasteiger partial charge in [-0.2, -0.15) is 0 Å². The maximum Gasteiger partial charge on any atom is 0.00948 e. The van der Waals surface area contributed by atoms with Gasteiger partial charge in [-0.05, 0) is 28.3 Å². The smallest absolute Gasteiger partial charge is 0.00948 e. The van der Waals surface area contributed by atoms with E-state index in [0.29, 0.717) is 0 Å². The average molecular weight is 211 g/mol. The SMILES string of the molecule is CCc1cccc2cccc(C3CNC3)c12. The molecule has 2 aromatic carbocycles. The van der Waals surface area contributed by atoms with Crippen molar-refractivity contribution in [2.75, 3.05) is 13.1 Å². The summed E-state index contributed by atoms with van der Waals surface area (Å²) in [6, 6.07) is 13.4. The van der Waals surface area contributed by atoms with Crippen molar-refractivity contribution in [3.8, 4) is 0 Å². The lowest BCUT2D eigenvalue weighted by atomic mass is 9.87. The molecule has 1 aliphatic heterocycles. The molecule has 82 valence electrons. The van der Waals surface area contributed by atoms with E-state index in [1.807, 2.05) is 0 Å². The molecule has 0 aromatic heterocycles. The van der Waals surface area contributed by atoms with Gasteiger partial charge in [0.2, 0.25) is 0 Å². The molecule has 0 spiro atoms. The van der Waals surface area contributed by atoms with Crippen LogP contribution in [0.4, 0.5) is 0 Å². The summed E-state index contributed by atoms with van der Waals surface area (Å²) in [6.07, 6.45) is 1.12. The van der Waals surface area contributed by atoms with E-state index in [1.165, 1.54) is 21.9 Å². The molecular formula is C15H17N. The summed E-state index contributed by atoms with van der Waals surface area (Å²) in [5.41, 5.74) is 3.02. The van der Waals surface area contributed by atoms with Crippen LogP contribution in [0.25, 0.3) is 10.8 Å². The van der Waals surface area contributed by atoms with Crippen LogP contribution in [0.3, 0.4) is 0 Å². The first-order valence-electron chi connectivity index (χ1n) is 6.11. The van der Waals surface area contributed by atoms with Crippen molar-refractivity contribution in [1.29, 1.82) is 0 Å². The van der Waals surface area contributed by atoms with Crippen LogP contribution in [0.5, 0.6) is 0 Å². The molecule has 0 radical (unpaired) electrons. The lowest BCUT2D eigenvalue weighted by molar-refractivity contribution is 0.451. The van der Waals surface area contributed by atoms with Gasteiger partial charge < -0.3 is 5.32 Å².